The highest BCUT2D eigenvalue weighted by Gasteiger charge is 2.22. The van der Waals surface area contributed by atoms with Gasteiger partial charge in [0, 0.05) is 42.0 Å². The number of aromatic nitrogens is 3. The van der Waals surface area contributed by atoms with Crippen LogP contribution < -0.4 is 9.64 Å². The number of benzene rings is 2. The fraction of sp³-hybridized carbons (Fsp3) is 0.208. The third-order valence-corrected chi connectivity index (χ3v) is 5.46. The number of anilines is 1. The highest BCUT2D eigenvalue weighted by Crippen LogP contribution is 2.38. The molecule has 0 aliphatic carbocycles. The number of halogens is 2. The lowest BCUT2D eigenvalue weighted by Crippen LogP contribution is -2.37. The molecule has 1 saturated heterocycles. The maximum atomic E-state index is 14.6. The normalized spacial score (nSPS) is 14.0. The molecule has 1 aliphatic rings. The standard InChI is InChI=1S/C24H20F2N4O2/c1-31-20-13-16(17-5-2-6-19(25)21(17)26)12-18-22(20)28-23(15-4-3-7-27-14-15)29-24(18)30-8-10-32-11-9-30/h2-7,12-14H,8-11H2,1H3. The van der Waals surface area contributed by atoms with Gasteiger partial charge in [-0.15, -0.1) is 0 Å². The van der Waals surface area contributed by atoms with E-state index in [-0.39, 0.29) is 5.56 Å². The van der Waals surface area contributed by atoms with Crippen molar-refractivity contribution >= 4 is 16.7 Å². The summed E-state index contributed by atoms with van der Waals surface area (Å²) in [4.78, 5) is 15.9. The smallest absolute Gasteiger partial charge is 0.166 e. The predicted molar refractivity (Wildman–Crippen MR) is 118 cm³/mol. The zero-order valence-corrected chi connectivity index (χ0v) is 17.4. The van der Waals surface area contributed by atoms with Gasteiger partial charge in [0.05, 0.1) is 20.3 Å². The van der Waals surface area contributed by atoms with Crippen molar-refractivity contribution in [2.75, 3.05) is 38.3 Å². The van der Waals surface area contributed by atoms with E-state index in [0.29, 0.717) is 60.2 Å². The van der Waals surface area contributed by atoms with E-state index in [1.807, 2.05) is 12.1 Å². The van der Waals surface area contributed by atoms with Gasteiger partial charge in [0.15, 0.2) is 17.5 Å². The zero-order chi connectivity index (χ0) is 22.1. The first-order chi connectivity index (χ1) is 15.7. The zero-order valence-electron chi connectivity index (χ0n) is 17.4. The molecule has 2 aromatic carbocycles. The second kappa shape index (κ2) is 8.47. The average Bonchev–Trinajstić information content (AvgIpc) is 2.85. The number of hydrogen-bond acceptors (Lipinski definition) is 6. The van der Waals surface area contributed by atoms with Crippen LogP contribution in [0.3, 0.4) is 0 Å². The van der Waals surface area contributed by atoms with Crippen molar-refractivity contribution in [1.82, 2.24) is 15.0 Å². The molecular weight excluding hydrogens is 414 g/mol. The van der Waals surface area contributed by atoms with E-state index in [4.69, 9.17) is 19.4 Å². The molecule has 32 heavy (non-hydrogen) atoms. The summed E-state index contributed by atoms with van der Waals surface area (Å²) in [5.74, 6) is -0.166. The van der Waals surface area contributed by atoms with Crippen LogP contribution in [0.2, 0.25) is 0 Å². The largest absolute Gasteiger partial charge is 0.494 e. The van der Waals surface area contributed by atoms with Gasteiger partial charge in [-0.3, -0.25) is 4.98 Å². The molecule has 0 radical (unpaired) electrons. The monoisotopic (exact) mass is 434 g/mol. The second-order valence-electron chi connectivity index (χ2n) is 7.39. The highest BCUT2D eigenvalue weighted by atomic mass is 19.2. The fourth-order valence-electron chi connectivity index (χ4n) is 3.86. The van der Waals surface area contributed by atoms with Gasteiger partial charge in [-0.1, -0.05) is 12.1 Å². The van der Waals surface area contributed by atoms with Gasteiger partial charge in [-0.2, -0.15) is 0 Å². The van der Waals surface area contributed by atoms with Crippen LogP contribution in [-0.2, 0) is 4.74 Å². The molecule has 1 aliphatic heterocycles. The Morgan fingerprint density at radius 2 is 1.84 bits per heavy atom. The molecule has 0 amide bonds. The first-order valence-corrected chi connectivity index (χ1v) is 10.2. The molecule has 1 fully saturated rings. The molecular formula is C24H20F2N4O2. The number of hydrogen-bond donors (Lipinski definition) is 0. The molecule has 0 bridgehead atoms. The summed E-state index contributed by atoms with van der Waals surface area (Å²) < 4.78 is 39.6. The van der Waals surface area contributed by atoms with Gasteiger partial charge in [-0.05, 0) is 35.9 Å². The SMILES string of the molecule is COc1cc(-c2cccc(F)c2F)cc2c(N3CCOCC3)nc(-c3cccnc3)nc12. The quantitative estimate of drug-likeness (QED) is 0.472. The van der Waals surface area contributed by atoms with E-state index in [1.165, 1.54) is 19.2 Å². The fourth-order valence-corrected chi connectivity index (χ4v) is 3.86. The van der Waals surface area contributed by atoms with Gasteiger partial charge in [0.25, 0.3) is 0 Å². The molecule has 0 saturated carbocycles. The summed E-state index contributed by atoms with van der Waals surface area (Å²) in [6, 6.07) is 11.3. The number of methoxy groups -OCH3 is 1. The van der Waals surface area contributed by atoms with Crippen molar-refractivity contribution in [3.8, 4) is 28.3 Å². The van der Waals surface area contributed by atoms with Crippen molar-refractivity contribution in [2.45, 2.75) is 0 Å². The first-order valence-electron chi connectivity index (χ1n) is 10.2. The molecule has 6 nitrogen and oxygen atoms in total. The van der Waals surface area contributed by atoms with E-state index in [2.05, 4.69) is 9.88 Å². The van der Waals surface area contributed by atoms with Crippen LogP contribution >= 0.6 is 0 Å². The number of fused-ring (bicyclic) bond motifs is 1. The predicted octanol–water partition coefficient (Wildman–Crippen LogP) is 4.48. The van der Waals surface area contributed by atoms with Crippen LogP contribution in [0, 0.1) is 11.6 Å². The minimum Gasteiger partial charge on any atom is -0.494 e. The van der Waals surface area contributed by atoms with Crippen LogP contribution in [0.15, 0.2) is 54.9 Å². The third kappa shape index (κ3) is 3.62. The molecule has 0 spiro atoms. The molecule has 8 heteroatoms. The molecule has 0 atom stereocenters. The Hall–Kier alpha value is -3.65. The number of ether oxygens (including phenoxy) is 2. The minimum atomic E-state index is -0.908. The molecule has 162 valence electrons. The maximum Gasteiger partial charge on any atom is 0.166 e. The van der Waals surface area contributed by atoms with Gasteiger partial charge >= 0.3 is 0 Å². The number of pyridine rings is 1. The van der Waals surface area contributed by atoms with Crippen LogP contribution in [-0.4, -0.2) is 48.4 Å². The highest BCUT2D eigenvalue weighted by molar-refractivity contribution is 5.98. The second-order valence-corrected chi connectivity index (χ2v) is 7.39. The average molecular weight is 434 g/mol. The van der Waals surface area contributed by atoms with Crippen molar-refractivity contribution < 1.29 is 18.3 Å². The molecule has 0 N–H and O–H groups in total. The number of rotatable bonds is 4. The molecule has 5 rings (SSSR count). The first kappa shape index (κ1) is 20.3. The Labute approximate surface area is 183 Å². The van der Waals surface area contributed by atoms with Gasteiger partial charge < -0.3 is 14.4 Å². The van der Waals surface area contributed by atoms with E-state index in [0.717, 1.165) is 11.6 Å². The van der Waals surface area contributed by atoms with E-state index in [9.17, 15) is 8.78 Å². The van der Waals surface area contributed by atoms with Gasteiger partial charge in [0.1, 0.15) is 17.1 Å². The van der Waals surface area contributed by atoms with Crippen LogP contribution in [0.4, 0.5) is 14.6 Å². The van der Waals surface area contributed by atoms with Crippen molar-refractivity contribution in [3.05, 3.63) is 66.5 Å². The van der Waals surface area contributed by atoms with Crippen molar-refractivity contribution in [2.24, 2.45) is 0 Å². The van der Waals surface area contributed by atoms with Gasteiger partial charge in [0.2, 0.25) is 0 Å². The van der Waals surface area contributed by atoms with Crippen LogP contribution in [0.5, 0.6) is 5.75 Å². The summed E-state index contributed by atoms with van der Waals surface area (Å²) >= 11 is 0. The molecule has 3 heterocycles. The Morgan fingerprint density at radius 3 is 2.59 bits per heavy atom. The van der Waals surface area contributed by atoms with E-state index >= 15 is 0 Å². The summed E-state index contributed by atoms with van der Waals surface area (Å²) in [5.41, 5.74) is 1.99. The van der Waals surface area contributed by atoms with Crippen molar-refractivity contribution in [3.63, 3.8) is 0 Å². The van der Waals surface area contributed by atoms with E-state index < -0.39 is 11.6 Å². The Balaban J connectivity index is 1.78. The lowest BCUT2D eigenvalue weighted by molar-refractivity contribution is 0.122. The van der Waals surface area contributed by atoms with E-state index in [1.54, 1.807) is 24.5 Å². The Kier molecular flexibility index (Phi) is 5.36. The Bertz CT molecular complexity index is 1280. The van der Waals surface area contributed by atoms with Crippen LogP contribution in [0.1, 0.15) is 0 Å². The number of nitrogens with zero attached hydrogens (tertiary/aromatic N) is 4. The van der Waals surface area contributed by atoms with Gasteiger partial charge in [-0.25, -0.2) is 18.7 Å². The maximum absolute atomic E-state index is 14.6. The summed E-state index contributed by atoms with van der Waals surface area (Å²) in [7, 11) is 1.53. The lowest BCUT2D eigenvalue weighted by atomic mass is 10.0. The van der Waals surface area contributed by atoms with Crippen LogP contribution in [0.25, 0.3) is 33.4 Å². The molecule has 0 unspecified atom stereocenters. The molecule has 4 aromatic rings. The van der Waals surface area contributed by atoms with Crippen molar-refractivity contribution in [1.29, 1.82) is 0 Å². The Morgan fingerprint density at radius 1 is 1.00 bits per heavy atom. The third-order valence-electron chi connectivity index (χ3n) is 5.46. The summed E-state index contributed by atoms with van der Waals surface area (Å²) in [6.07, 6.45) is 3.39. The summed E-state index contributed by atoms with van der Waals surface area (Å²) in [6.45, 7) is 2.45. The molecule has 2 aromatic heterocycles. The summed E-state index contributed by atoms with van der Waals surface area (Å²) in [5, 5.41) is 0.692. The topological polar surface area (TPSA) is 60.4 Å². The lowest BCUT2D eigenvalue weighted by Gasteiger charge is -2.29. The minimum absolute atomic E-state index is 0.148. The number of morpholine rings is 1.